The summed E-state index contributed by atoms with van der Waals surface area (Å²) in [5, 5.41) is 60.1. The fraction of sp³-hybridized carbons (Fsp3) is 0.324. The van der Waals surface area contributed by atoms with Crippen molar-refractivity contribution in [3.05, 3.63) is 271 Å². The van der Waals surface area contributed by atoms with Crippen molar-refractivity contribution in [2.45, 2.75) is 131 Å². The largest absolute Gasteiger partial charge is 1.00 e. The molecule has 0 radical (unpaired) electrons. The molecule has 0 atom stereocenters. The number of aromatic nitrogens is 12. The number of rotatable bonds is 32. The minimum Gasteiger partial charge on any atom is -0.870 e. The first kappa shape index (κ1) is 88.7. The number of carbonyl (C=O) groups is 6. The van der Waals surface area contributed by atoms with Crippen molar-refractivity contribution in [2.75, 3.05) is 26.4 Å². The van der Waals surface area contributed by atoms with Crippen LogP contribution in [-0.4, -0.2) is 143 Å². The van der Waals surface area contributed by atoms with Crippen LogP contribution in [0, 0.1) is 27.7 Å². The molecule has 0 aliphatic rings. The van der Waals surface area contributed by atoms with Gasteiger partial charge in [0.1, 0.15) is 0 Å². The number of benzene rings is 6. The monoisotopic (exact) mass is 1450 g/mol. The molecule has 556 valence electrons. The van der Waals surface area contributed by atoms with Crippen LogP contribution in [0.5, 0.6) is 0 Å². The van der Waals surface area contributed by atoms with E-state index in [1.165, 1.54) is 22.0 Å². The Morgan fingerprint density at radius 1 is 0.462 bits per heavy atom. The summed E-state index contributed by atoms with van der Waals surface area (Å²) >= 11 is 0. The summed E-state index contributed by atoms with van der Waals surface area (Å²) in [7, 11) is 0. The number of nitrogens with two attached hydrogens (primary N) is 1. The van der Waals surface area contributed by atoms with Crippen LogP contribution in [0.4, 0.5) is 0 Å². The molecule has 0 unspecified atom stereocenters. The van der Waals surface area contributed by atoms with E-state index in [4.69, 9.17) is 31.0 Å². The number of hydrogen-bond acceptors (Lipinski definition) is 20. The smallest absolute Gasteiger partial charge is 0.870 e. The first-order valence-corrected chi connectivity index (χ1v) is 33.7. The van der Waals surface area contributed by atoms with Gasteiger partial charge in [-0.3, -0.25) is 33.1 Å². The molecule has 4 heterocycles. The SMILES string of the molecule is Cc1cccc(CN)c1.Cc1cccc(CNC(=O)c2cn(CCCCN=[N+]=[N-])nn2)c1.Cc1cccc(CNC(=O)c2cn(CCCCO)nn2)c1.Cc1cccc(CNC(=O)c2cn(CCCCOC(=O)c3ccccc3)nn2)c1.O.O=C(OCCCCn1cc(C(=O)O)nn1)c1ccccc1.[Li+].[OH-]. The van der Waals surface area contributed by atoms with Gasteiger partial charge in [0.2, 0.25) is 0 Å². The number of carbonyl (C=O) groups excluding carboxylic acids is 5. The second kappa shape index (κ2) is 50.7. The number of esters is 2. The van der Waals surface area contributed by atoms with E-state index in [1.54, 1.807) is 81.2 Å². The zero-order chi connectivity index (χ0) is 73.8. The van der Waals surface area contributed by atoms with Crippen molar-refractivity contribution in [3.8, 4) is 0 Å². The molecule has 0 aliphatic carbocycles. The number of carboxylic acid groups (broad SMARTS) is 1. The summed E-state index contributed by atoms with van der Waals surface area (Å²) < 4.78 is 16.7. The van der Waals surface area contributed by atoms with Crippen molar-refractivity contribution < 1.29 is 78.3 Å². The van der Waals surface area contributed by atoms with Gasteiger partial charge in [0.05, 0.1) is 49.1 Å². The third-order valence-corrected chi connectivity index (χ3v) is 14.8. The van der Waals surface area contributed by atoms with Crippen LogP contribution < -0.4 is 40.5 Å². The first-order valence-electron chi connectivity index (χ1n) is 33.7. The number of aryl methyl sites for hydroxylation is 8. The Morgan fingerprint density at radius 2 is 0.783 bits per heavy atom. The van der Waals surface area contributed by atoms with Crippen molar-refractivity contribution in [1.29, 1.82) is 0 Å². The Hall–Kier alpha value is -11.6. The van der Waals surface area contributed by atoms with E-state index < -0.39 is 5.97 Å². The maximum Gasteiger partial charge on any atom is 1.00 e. The number of hydrogen-bond donors (Lipinski definition) is 6. The zero-order valence-electron chi connectivity index (χ0n) is 60.4. The first-order chi connectivity index (χ1) is 50.0. The molecule has 0 saturated heterocycles. The molecule has 0 bridgehead atoms. The second-order valence-corrected chi connectivity index (χ2v) is 23.5. The van der Waals surface area contributed by atoms with Crippen LogP contribution >= 0.6 is 0 Å². The van der Waals surface area contributed by atoms with Gasteiger partial charge in [0.15, 0.2) is 22.8 Å². The van der Waals surface area contributed by atoms with Crippen LogP contribution in [0.1, 0.15) is 159 Å². The summed E-state index contributed by atoms with van der Waals surface area (Å²) in [6, 6.07) is 49.9. The second-order valence-electron chi connectivity index (χ2n) is 23.5. The molecular weight excluding hydrogens is 1350 g/mol. The van der Waals surface area contributed by atoms with E-state index in [0.29, 0.717) is 114 Å². The fourth-order valence-electron chi connectivity index (χ4n) is 9.45. The number of aromatic carboxylic acids is 1. The minimum absolute atomic E-state index is 0. The van der Waals surface area contributed by atoms with Crippen LogP contribution in [0.3, 0.4) is 0 Å². The van der Waals surface area contributed by atoms with E-state index in [1.807, 2.05) is 118 Å². The molecular formula is C74H92LiN19O12. The molecule has 0 fully saturated rings. The molecule has 31 nitrogen and oxygen atoms in total. The number of carboxylic acids is 1. The summed E-state index contributed by atoms with van der Waals surface area (Å²) in [4.78, 5) is 73.1. The van der Waals surface area contributed by atoms with Gasteiger partial charge >= 0.3 is 36.8 Å². The summed E-state index contributed by atoms with van der Waals surface area (Å²) in [5.41, 5.74) is 24.6. The number of nitrogens with zero attached hydrogens (tertiary/aromatic N) is 15. The van der Waals surface area contributed by atoms with Gasteiger partial charge in [-0.25, -0.2) is 14.4 Å². The van der Waals surface area contributed by atoms with E-state index in [-0.39, 0.29) is 77.5 Å². The molecule has 10 rings (SSSR count). The van der Waals surface area contributed by atoms with Gasteiger partial charge in [0.25, 0.3) is 17.7 Å². The minimum atomic E-state index is -1.10. The molecule has 0 spiro atoms. The Balaban J connectivity index is 0.000000352. The Kier molecular flexibility index (Phi) is 42.4. The predicted molar refractivity (Wildman–Crippen MR) is 390 cm³/mol. The molecule has 0 saturated carbocycles. The number of aliphatic hydroxyl groups is 1. The van der Waals surface area contributed by atoms with Crippen molar-refractivity contribution >= 4 is 35.6 Å². The Labute approximate surface area is 626 Å². The van der Waals surface area contributed by atoms with Crippen LogP contribution in [0.15, 0.2) is 188 Å². The standard InChI is InChI=1S/C22H24N4O3.C15H19N7O.C15H20N4O2.C14H15N3O4.C8H11N.Li.2H2O/c1-17-8-7-9-18(14-17)15-23-21(27)20-16-26(25-24-20)12-5-6-13-29-22(28)19-10-3-2-4-11-19;1-12-5-4-6-13(9-12)10-17-15(23)14-11-22(21-19-14)8-3-2-7-18-20-16;1-12-5-4-6-13(9-12)10-16-15(21)14-11-19(18-17-14)7-2-3-8-20;18-13(19)12-10-17(16-15-12)8-4-5-9-21-14(20)11-6-2-1-3-7-11;1-7-3-2-4-8(5-7)6-9;;;/h2-4,7-11,14,16H,5-6,12-13,15H2,1H3,(H,23,27);4-6,9,11H,2-3,7-8,10H2,1H3,(H,17,23);4-6,9,11,20H,2-3,7-8,10H2,1H3,(H,16,21);1-3,6-7,10H,4-5,8-9H2,(H,18,19);2-5H,6,9H2,1H3;;2*1H2/q;;;;;+1;;/p-1. The molecule has 4 aromatic heterocycles. The molecule has 0 aliphatic heterocycles. The normalized spacial score (nSPS) is 10.0. The average Bonchev–Trinajstić information content (AvgIpc) is 1.68. The van der Waals surface area contributed by atoms with Crippen LogP contribution in [0.25, 0.3) is 10.4 Å². The van der Waals surface area contributed by atoms with E-state index in [0.717, 1.165) is 65.5 Å². The summed E-state index contributed by atoms with van der Waals surface area (Å²) in [6.45, 7) is 13.8. The van der Waals surface area contributed by atoms with Crippen molar-refractivity contribution in [3.63, 3.8) is 0 Å². The molecule has 106 heavy (non-hydrogen) atoms. The van der Waals surface area contributed by atoms with Gasteiger partial charge in [-0.2, -0.15) is 0 Å². The summed E-state index contributed by atoms with van der Waals surface area (Å²) in [6.07, 6.45) is 12.2. The summed E-state index contributed by atoms with van der Waals surface area (Å²) in [5.74, 6) is -2.49. The van der Waals surface area contributed by atoms with Crippen molar-refractivity contribution in [2.24, 2.45) is 10.8 Å². The average molecular weight is 1450 g/mol. The van der Waals surface area contributed by atoms with Gasteiger partial charge in [-0.15, -0.1) is 20.4 Å². The van der Waals surface area contributed by atoms with Crippen LogP contribution in [-0.2, 0) is 61.8 Å². The number of unbranched alkanes of at least 4 members (excludes halogenated alkanes) is 4. The topological polar surface area (TPSA) is 457 Å². The Morgan fingerprint density at radius 3 is 1.09 bits per heavy atom. The number of aliphatic hydroxyl groups excluding tert-OH is 1. The van der Waals surface area contributed by atoms with Gasteiger partial charge in [-0.05, 0) is 131 Å². The quantitative estimate of drug-likeness (QED) is 0.00690. The molecule has 3 amide bonds. The number of nitrogens with one attached hydrogen (secondary N) is 3. The third kappa shape index (κ3) is 34.6. The number of ether oxygens (including phenoxy) is 2. The number of amides is 3. The fourth-order valence-corrected chi connectivity index (χ4v) is 9.45. The zero-order valence-corrected chi connectivity index (χ0v) is 60.4. The maximum atomic E-state index is 12.2. The van der Waals surface area contributed by atoms with Gasteiger partial charge in [-0.1, -0.05) is 182 Å². The maximum absolute atomic E-state index is 12.2. The molecule has 32 heteroatoms. The molecule has 10 aromatic rings. The Bertz CT molecular complexity index is 4280. The van der Waals surface area contributed by atoms with Gasteiger partial charge in [0, 0.05) is 70.4 Å². The van der Waals surface area contributed by atoms with E-state index >= 15 is 0 Å². The van der Waals surface area contributed by atoms with Crippen molar-refractivity contribution in [1.82, 2.24) is 75.9 Å². The van der Waals surface area contributed by atoms with E-state index in [9.17, 15) is 28.8 Å². The van der Waals surface area contributed by atoms with E-state index in [2.05, 4.69) is 86.3 Å². The number of azide groups is 1. The third-order valence-electron chi connectivity index (χ3n) is 14.8. The molecule has 6 aromatic carbocycles. The predicted octanol–water partition coefficient (Wildman–Crippen LogP) is 6.12. The van der Waals surface area contributed by atoms with Gasteiger partial charge < -0.3 is 52.3 Å². The van der Waals surface area contributed by atoms with Crippen LogP contribution in [0.2, 0.25) is 0 Å². The molecule has 10 N–H and O–H groups in total.